The number of hydrogen-bond donors (Lipinski definition) is 0. The number of pyridine rings is 1. The molecule has 2 heteroatoms. The molecule has 0 saturated heterocycles. The molecule has 96 valence electrons. The summed E-state index contributed by atoms with van der Waals surface area (Å²) in [5, 5.41) is 1.19. The summed E-state index contributed by atoms with van der Waals surface area (Å²) in [7, 11) is 1.85. The number of hydrogen-bond acceptors (Lipinski definition) is 1. The fourth-order valence-electron chi connectivity index (χ4n) is 3.03. The van der Waals surface area contributed by atoms with Gasteiger partial charge in [-0.25, -0.2) is 0 Å². The van der Waals surface area contributed by atoms with E-state index in [4.69, 9.17) is 0 Å². The Morgan fingerprint density at radius 2 is 2.21 bits per heavy atom. The van der Waals surface area contributed by atoms with Crippen LogP contribution >= 0.6 is 0 Å². The molecule has 2 nitrogen and oxygen atoms in total. The van der Waals surface area contributed by atoms with Crippen molar-refractivity contribution in [2.24, 2.45) is 7.05 Å². The Balaban J connectivity index is 2.42. The lowest BCUT2D eigenvalue weighted by Gasteiger charge is -2.23. The fraction of sp³-hybridized carbons (Fsp3) is 0.235. The first-order valence-electron chi connectivity index (χ1n) is 6.62. The molecular formula is C17H17NO. The quantitative estimate of drug-likeness (QED) is 0.750. The molecule has 0 spiro atoms. The highest BCUT2D eigenvalue weighted by molar-refractivity contribution is 5.85. The van der Waals surface area contributed by atoms with E-state index in [-0.39, 0.29) is 11.5 Å². The van der Waals surface area contributed by atoms with Gasteiger partial charge in [0, 0.05) is 23.9 Å². The van der Waals surface area contributed by atoms with Gasteiger partial charge in [-0.3, -0.25) is 4.79 Å². The highest BCUT2D eigenvalue weighted by Gasteiger charge is 2.21. The highest BCUT2D eigenvalue weighted by Crippen LogP contribution is 2.33. The van der Waals surface area contributed by atoms with Gasteiger partial charge < -0.3 is 4.57 Å². The van der Waals surface area contributed by atoms with E-state index in [0.717, 1.165) is 23.9 Å². The first-order valence-corrected chi connectivity index (χ1v) is 6.62. The molecule has 0 radical (unpaired) electrons. The molecule has 19 heavy (non-hydrogen) atoms. The van der Waals surface area contributed by atoms with Crippen LogP contribution in [-0.4, -0.2) is 4.57 Å². The lowest BCUT2D eigenvalue weighted by molar-refractivity contribution is 0.801. The van der Waals surface area contributed by atoms with Crippen LogP contribution < -0.4 is 5.56 Å². The van der Waals surface area contributed by atoms with Crippen molar-refractivity contribution in [1.82, 2.24) is 4.57 Å². The minimum atomic E-state index is 0.132. The molecule has 0 N–H and O–H groups in total. The van der Waals surface area contributed by atoms with Crippen LogP contribution in [0.4, 0.5) is 0 Å². The van der Waals surface area contributed by atoms with Crippen LogP contribution in [0.25, 0.3) is 10.9 Å². The van der Waals surface area contributed by atoms with Crippen LogP contribution in [0.3, 0.4) is 0 Å². The fourth-order valence-corrected chi connectivity index (χ4v) is 3.03. The molecule has 1 aliphatic carbocycles. The lowest BCUT2D eigenvalue weighted by atomic mass is 9.84. The molecule has 1 aliphatic rings. The Morgan fingerprint density at radius 1 is 1.42 bits per heavy atom. The number of nitrogens with zero attached hydrogens (tertiary/aromatic N) is 1. The van der Waals surface area contributed by atoms with Gasteiger partial charge in [0.25, 0.3) is 5.56 Å². The summed E-state index contributed by atoms with van der Waals surface area (Å²) in [6, 6.07) is 8.15. The zero-order valence-corrected chi connectivity index (χ0v) is 11.1. The summed E-state index contributed by atoms with van der Waals surface area (Å²) in [5.74, 6) is 0.278. The van der Waals surface area contributed by atoms with Gasteiger partial charge in [0.1, 0.15) is 0 Å². The van der Waals surface area contributed by atoms with Crippen molar-refractivity contribution in [2.45, 2.75) is 18.8 Å². The standard InChI is InChI=1S/C17H17NO/c1-3-7-12-8-6-10-14-16(12)13-9-4-5-11-15(13)18(2)17(14)19/h3-6,8-9,11-12H,1,7,10H2,2H3. The first-order chi connectivity index (χ1) is 9.24. The number of benzene rings is 1. The van der Waals surface area contributed by atoms with Gasteiger partial charge >= 0.3 is 0 Å². The molecule has 1 heterocycles. The van der Waals surface area contributed by atoms with Gasteiger partial charge in [0.15, 0.2) is 0 Å². The Bertz CT molecular complexity index is 737. The summed E-state index contributed by atoms with van der Waals surface area (Å²) < 4.78 is 1.76. The molecule has 0 fully saturated rings. The number of aromatic nitrogens is 1. The molecule has 2 aromatic rings. The zero-order valence-electron chi connectivity index (χ0n) is 11.1. The van der Waals surface area contributed by atoms with Gasteiger partial charge in [-0.15, -0.1) is 6.58 Å². The summed E-state index contributed by atoms with van der Waals surface area (Å²) >= 11 is 0. The average Bonchev–Trinajstić information content (AvgIpc) is 2.45. The largest absolute Gasteiger partial charge is 0.311 e. The summed E-state index contributed by atoms with van der Waals surface area (Å²) in [6.07, 6.45) is 7.85. The van der Waals surface area contributed by atoms with E-state index in [9.17, 15) is 4.79 Å². The Kier molecular flexibility index (Phi) is 2.86. The van der Waals surface area contributed by atoms with Crippen molar-refractivity contribution in [3.05, 3.63) is 70.6 Å². The maximum Gasteiger partial charge on any atom is 0.254 e. The van der Waals surface area contributed by atoms with Crippen molar-refractivity contribution in [1.29, 1.82) is 0 Å². The second kappa shape index (κ2) is 4.54. The minimum absolute atomic E-state index is 0.132. The summed E-state index contributed by atoms with van der Waals surface area (Å²) in [5.41, 5.74) is 3.28. The molecule has 0 bridgehead atoms. The van der Waals surface area contributed by atoms with Crippen LogP contribution in [0.2, 0.25) is 0 Å². The van der Waals surface area contributed by atoms with Gasteiger partial charge in [-0.05, 0) is 24.5 Å². The maximum atomic E-state index is 12.5. The summed E-state index contributed by atoms with van der Waals surface area (Å²) in [6.45, 7) is 3.83. The molecule has 1 unspecified atom stereocenters. The van der Waals surface area contributed by atoms with Gasteiger partial charge in [0.05, 0.1) is 5.52 Å². The number of fused-ring (bicyclic) bond motifs is 3. The van der Waals surface area contributed by atoms with E-state index in [1.54, 1.807) is 4.57 Å². The van der Waals surface area contributed by atoms with Gasteiger partial charge in [-0.2, -0.15) is 0 Å². The zero-order chi connectivity index (χ0) is 13.4. The van der Waals surface area contributed by atoms with Crippen molar-refractivity contribution < 1.29 is 0 Å². The normalized spacial score (nSPS) is 17.4. The Hall–Kier alpha value is -2.09. The smallest absolute Gasteiger partial charge is 0.254 e. The number of aryl methyl sites for hydroxylation is 1. The van der Waals surface area contributed by atoms with Gasteiger partial charge in [0.2, 0.25) is 0 Å². The Labute approximate surface area is 112 Å². The number of allylic oxidation sites excluding steroid dienone is 3. The lowest BCUT2D eigenvalue weighted by Crippen LogP contribution is -2.25. The molecule has 0 amide bonds. The predicted octanol–water partition coefficient (Wildman–Crippen LogP) is 3.31. The molecule has 1 aromatic carbocycles. The van der Waals surface area contributed by atoms with Crippen LogP contribution in [0.5, 0.6) is 0 Å². The van der Waals surface area contributed by atoms with Crippen LogP contribution in [-0.2, 0) is 13.5 Å². The minimum Gasteiger partial charge on any atom is -0.311 e. The van der Waals surface area contributed by atoms with Crippen LogP contribution in [0, 0.1) is 0 Å². The van der Waals surface area contributed by atoms with Crippen molar-refractivity contribution in [2.75, 3.05) is 0 Å². The predicted molar refractivity (Wildman–Crippen MR) is 79.6 cm³/mol. The van der Waals surface area contributed by atoms with Crippen molar-refractivity contribution in [3.63, 3.8) is 0 Å². The third-order valence-corrected chi connectivity index (χ3v) is 3.93. The summed E-state index contributed by atoms with van der Waals surface area (Å²) in [4.78, 5) is 12.5. The third kappa shape index (κ3) is 1.75. The molecular weight excluding hydrogens is 234 g/mol. The van der Waals surface area contributed by atoms with E-state index < -0.39 is 0 Å². The maximum absolute atomic E-state index is 12.5. The second-order valence-electron chi connectivity index (χ2n) is 5.04. The monoisotopic (exact) mass is 251 g/mol. The molecule has 0 saturated carbocycles. The van der Waals surface area contributed by atoms with E-state index >= 15 is 0 Å². The third-order valence-electron chi connectivity index (χ3n) is 3.93. The average molecular weight is 251 g/mol. The topological polar surface area (TPSA) is 22.0 Å². The number of rotatable bonds is 2. The molecule has 3 rings (SSSR count). The number of para-hydroxylation sites is 1. The first kappa shape index (κ1) is 12.0. The Morgan fingerprint density at radius 3 is 3.00 bits per heavy atom. The SMILES string of the molecule is C=CCC1C=CCc2c1c1ccccc1n(C)c2=O. The molecule has 0 aliphatic heterocycles. The van der Waals surface area contributed by atoms with Gasteiger partial charge in [-0.1, -0.05) is 36.4 Å². The molecule has 1 atom stereocenters. The van der Waals surface area contributed by atoms with E-state index in [1.807, 2.05) is 31.3 Å². The molecule has 1 aromatic heterocycles. The van der Waals surface area contributed by atoms with Crippen LogP contribution in [0.15, 0.2) is 53.9 Å². The van der Waals surface area contributed by atoms with E-state index in [0.29, 0.717) is 0 Å². The van der Waals surface area contributed by atoms with Crippen molar-refractivity contribution >= 4 is 10.9 Å². The van der Waals surface area contributed by atoms with Crippen molar-refractivity contribution in [3.8, 4) is 0 Å². The van der Waals surface area contributed by atoms with E-state index in [2.05, 4.69) is 24.8 Å². The highest BCUT2D eigenvalue weighted by atomic mass is 16.1. The second-order valence-corrected chi connectivity index (χ2v) is 5.04. The van der Waals surface area contributed by atoms with Crippen LogP contribution in [0.1, 0.15) is 23.5 Å². The van der Waals surface area contributed by atoms with E-state index in [1.165, 1.54) is 10.9 Å².